The fraction of sp³-hybridized carbons (Fsp3) is 0.0357. The molecule has 0 bridgehead atoms. The van der Waals surface area contributed by atoms with E-state index in [4.69, 9.17) is 5.73 Å². The summed E-state index contributed by atoms with van der Waals surface area (Å²) < 4.78 is 42.0. The van der Waals surface area contributed by atoms with Crippen LogP contribution in [0.2, 0.25) is 0 Å². The predicted molar refractivity (Wildman–Crippen MR) is 135 cm³/mol. The second-order valence-corrected chi connectivity index (χ2v) is 8.49. The summed E-state index contributed by atoms with van der Waals surface area (Å²) >= 11 is 0. The van der Waals surface area contributed by atoms with Crippen LogP contribution in [-0.2, 0) is 6.18 Å². The van der Waals surface area contributed by atoms with Crippen LogP contribution in [0.3, 0.4) is 0 Å². The number of halogens is 3. The maximum absolute atomic E-state index is 13.6. The van der Waals surface area contributed by atoms with Gasteiger partial charge < -0.3 is 5.73 Å². The van der Waals surface area contributed by atoms with E-state index in [0.717, 1.165) is 28.1 Å². The zero-order valence-corrected chi connectivity index (χ0v) is 18.6. The molecule has 0 fully saturated rings. The third kappa shape index (κ3) is 3.54. The van der Waals surface area contributed by atoms with Gasteiger partial charge in [-0.3, -0.25) is 19.3 Å². The van der Waals surface area contributed by atoms with Crippen molar-refractivity contribution in [1.29, 1.82) is 0 Å². The first-order valence-corrected chi connectivity index (χ1v) is 11.1. The van der Waals surface area contributed by atoms with Crippen LogP contribution in [0.5, 0.6) is 0 Å². The summed E-state index contributed by atoms with van der Waals surface area (Å²) in [4.78, 5) is 22.1. The lowest BCUT2D eigenvalue weighted by molar-refractivity contribution is -0.136. The molecule has 6 rings (SSSR count). The average Bonchev–Trinajstić information content (AvgIpc) is 2.88. The summed E-state index contributed by atoms with van der Waals surface area (Å²) in [6.45, 7) is 0. The summed E-state index contributed by atoms with van der Waals surface area (Å²) in [5.74, 6) is 0. The number of aromatic nitrogens is 3. The number of nitrogen functional groups attached to an aromatic ring is 1. The smallest absolute Gasteiger partial charge is 0.398 e. The van der Waals surface area contributed by atoms with Crippen LogP contribution in [-0.4, -0.2) is 14.5 Å². The molecule has 176 valence electrons. The number of alkyl halides is 3. The van der Waals surface area contributed by atoms with Crippen molar-refractivity contribution in [3.8, 4) is 16.8 Å². The summed E-state index contributed by atoms with van der Waals surface area (Å²) in [5, 5.41) is 2.21. The van der Waals surface area contributed by atoms with Gasteiger partial charge in [0.15, 0.2) is 0 Å². The van der Waals surface area contributed by atoms with Crippen molar-refractivity contribution in [3.63, 3.8) is 0 Å². The third-order valence-electron chi connectivity index (χ3n) is 6.24. The highest BCUT2D eigenvalue weighted by molar-refractivity contribution is 6.05. The average molecular weight is 482 g/mol. The zero-order chi connectivity index (χ0) is 25.0. The standard InChI is InChI=1S/C28H17F3N4O/c29-28(30,31)22-13-20(7-8-23(22)32)35-26(36)10-6-18-14-34-25-9-5-16(12-21(25)27(18)35)19-11-17-3-1-2-4-24(17)33-15-19/h1-15H,32H2. The summed E-state index contributed by atoms with van der Waals surface area (Å²) in [5.41, 5.74) is 7.43. The van der Waals surface area contributed by atoms with E-state index < -0.39 is 23.0 Å². The van der Waals surface area contributed by atoms with E-state index in [2.05, 4.69) is 9.97 Å². The minimum atomic E-state index is -4.66. The molecule has 0 atom stereocenters. The molecule has 0 amide bonds. The molecule has 0 aliphatic heterocycles. The maximum atomic E-state index is 13.6. The number of hydrogen-bond donors (Lipinski definition) is 1. The molecular weight excluding hydrogens is 465 g/mol. The molecule has 0 saturated heterocycles. The monoisotopic (exact) mass is 482 g/mol. The van der Waals surface area contributed by atoms with Gasteiger partial charge in [-0.05, 0) is 54.1 Å². The molecule has 8 heteroatoms. The first-order chi connectivity index (χ1) is 17.3. The van der Waals surface area contributed by atoms with Gasteiger partial charge in [-0.25, -0.2) is 0 Å². The number of para-hydroxylation sites is 1. The van der Waals surface area contributed by atoms with Crippen molar-refractivity contribution in [3.05, 3.63) is 107 Å². The van der Waals surface area contributed by atoms with Gasteiger partial charge in [0.05, 0.1) is 27.8 Å². The van der Waals surface area contributed by atoms with Crippen molar-refractivity contribution in [1.82, 2.24) is 14.5 Å². The van der Waals surface area contributed by atoms with Crippen molar-refractivity contribution in [2.45, 2.75) is 6.18 Å². The summed E-state index contributed by atoms with van der Waals surface area (Å²) in [7, 11) is 0. The van der Waals surface area contributed by atoms with E-state index in [1.165, 1.54) is 22.8 Å². The Labute approximate surface area is 202 Å². The molecule has 0 unspecified atom stereocenters. The normalized spacial score (nSPS) is 12.0. The Morgan fingerprint density at radius 3 is 2.39 bits per heavy atom. The molecule has 2 N–H and O–H groups in total. The van der Waals surface area contributed by atoms with Gasteiger partial charge in [0, 0.05) is 45.9 Å². The molecule has 0 radical (unpaired) electrons. The van der Waals surface area contributed by atoms with Crippen molar-refractivity contribution < 1.29 is 13.2 Å². The van der Waals surface area contributed by atoms with E-state index in [1.54, 1.807) is 18.5 Å². The van der Waals surface area contributed by atoms with Gasteiger partial charge in [-0.15, -0.1) is 0 Å². The first kappa shape index (κ1) is 21.8. The number of fused-ring (bicyclic) bond motifs is 4. The number of nitrogens with two attached hydrogens (primary N) is 1. The molecule has 0 aliphatic carbocycles. The number of anilines is 1. The molecule has 3 aromatic heterocycles. The molecule has 3 aromatic carbocycles. The Morgan fingerprint density at radius 1 is 0.750 bits per heavy atom. The molecule has 6 aromatic rings. The van der Waals surface area contributed by atoms with Crippen LogP contribution >= 0.6 is 0 Å². The molecule has 36 heavy (non-hydrogen) atoms. The Morgan fingerprint density at radius 2 is 1.56 bits per heavy atom. The summed E-state index contributed by atoms with van der Waals surface area (Å²) in [6, 6.07) is 21.8. The number of rotatable bonds is 2. The van der Waals surface area contributed by atoms with Crippen LogP contribution in [0.1, 0.15) is 5.56 Å². The molecular formula is C28H17F3N4O. The van der Waals surface area contributed by atoms with Gasteiger partial charge in [-0.1, -0.05) is 24.3 Å². The van der Waals surface area contributed by atoms with Crippen LogP contribution in [0.4, 0.5) is 18.9 Å². The third-order valence-corrected chi connectivity index (χ3v) is 6.24. The second kappa shape index (κ2) is 7.91. The Bertz CT molecular complexity index is 1880. The highest BCUT2D eigenvalue weighted by atomic mass is 19.4. The van der Waals surface area contributed by atoms with E-state index in [9.17, 15) is 18.0 Å². The molecule has 0 spiro atoms. The largest absolute Gasteiger partial charge is 0.418 e. The van der Waals surface area contributed by atoms with Gasteiger partial charge in [-0.2, -0.15) is 13.2 Å². The Hall–Kier alpha value is -4.72. The fourth-order valence-corrected chi connectivity index (χ4v) is 4.50. The molecule has 0 saturated carbocycles. The highest BCUT2D eigenvalue weighted by Gasteiger charge is 2.33. The number of pyridine rings is 3. The lowest BCUT2D eigenvalue weighted by Gasteiger charge is -2.16. The van der Waals surface area contributed by atoms with E-state index in [1.807, 2.05) is 48.5 Å². The SMILES string of the molecule is Nc1ccc(-n2c(=O)ccc3cnc4ccc(-c5cnc6ccccc6c5)cc4c32)cc1C(F)(F)F. The topological polar surface area (TPSA) is 73.8 Å². The van der Waals surface area contributed by atoms with Gasteiger partial charge in [0.25, 0.3) is 5.56 Å². The Kier molecular flexibility index (Phi) is 4.79. The maximum Gasteiger partial charge on any atom is 0.418 e. The van der Waals surface area contributed by atoms with Crippen LogP contribution in [0.15, 0.2) is 96.1 Å². The van der Waals surface area contributed by atoms with E-state index in [0.29, 0.717) is 21.8 Å². The van der Waals surface area contributed by atoms with Crippen molar-refractivity contribution in [2.75, 3.05) is 5.73 Å². The molecule has 0 aliphatic rings. The minimum absolute atomic E-state index is 0.0670. The van der Waals surface area contributed by atoms with Gasteiger partial charge >= 0.3 is 6.18 Å². The zero-order valence-electron chi connectivity index (χ0n) is 18.6. The quantitative estimate of drug-likeness (QED) is 0.230. The number of benzene rings is 3. The minimum Gasteiger partial charge on any atom is -0.398 e. The van der Waals surface area contributed by atoms with Crippen molar-refractivity contribution >= 4 is 38.4 Å². The van der Waals surface area contributed by atoms with Gasteiger partial charge in [0.1, 0.15) is 0 Å². The van der Waals surface area contributed by atoms with Crippen molar-refractivity contribution in [2.24, 2.45) is 0 Å². The lowest BCUT2D eigenvalue weighted by Crippen LogP contribution is -2.19. The summed E-state index contributed by atoms with van der Waals surface area (Å²) in [6.07, 6.45) is -1.29. The molecule has 5 nitrogen and oxygen atoms in total. The fourth-order valence-electron chi connectivity index (χ4n) is 4.50. The number of hydrogen-bond acceptors (Lipinski definition) is 4. The predicted octanol–water partition coefficient (Wildman–Crippen LogP) is 6.36. The van der Waals surface area contributed by atoms with Crippen LogP contribution in [0, 0.1) is 0 Å². The lowest BCUT2D eigenvalue weighted by atomic mass is 10.0. The highest BCUT2D eigenvalue weighted by Crippen LogP contribution is 2.36. The first-order valence-electron chi connectivity index (χ1n) is 11.1. The van der Waals surface area contributed by atoms with E-state index in [-0.39, 0.29) is 5.69 Å². The van der Waals surface area contributed by atoms with Gasteiger partial charge in [0.2, 0.25) is 0 Å². The number of nitrogens with zero attached hydrogens (tertiary/aromatic N) is 3. The van der Waals surface area contributed by atoms with E-state index >= 15 is 0 Å². The van der Waals surface area contributed by atoms with Crippen LogP contribution in [0.25, 0.3) is 49.5 Å². The van der Waals surface area contributed by atoms with Crippen LogP contribution < -0.4 is 11.3 Å². The second-order valence-electron chi connectivity index (χ2n) is 8.49. The molecule has 3 heterocycles. The Balaban J connectivity index is 1.64.